The van der Waals surface area contributed by atoms with E-state index < -0.39 is 5.97 Å². The highest BCUT2D eigenvalue weighted by atomic mass is 32.1. The smallest absolute Gasteiger partial charge is 0.355 e. The van der Waals surface area contributed by atoms with E-state index in [-0.39, 0.29) is 5.69 Å². The fourth-order valence-electron chi connectivity index (χ4n) is 1.91. The van der Waals surface area contributed by atoms with Gasteiger partial charge in [0.05, 0.1) is 0 Å². The lowest BCUT2D eigenvalue weighted by atomic mass is 10.1. The van der Waals surface area contributed by atoms with Crippen molar-refractivity contribution in [2.24, 2.45) is 0 Å². The molecule has 5 heteroatoms. The highest BCUT2D eigenvalue weighted by Gasteiger charge is 2.10. The summed E-state index contributed by atoms with van der Waals surface area (Å²) in [6.07, 6.45) is 0. The van der Waals surface area contributed by atoms with Crippen LogP contribution < -0.4 is 5.32 Å². The van der Waals surface area contributed by atoms with Gasteiger partial charge in [-0.05, 0) is 31.9 Å². The van der Waals surface area contributed by atoms with E-state index in [9.17, 15) is 4.79 Å². The summed E-state index contributed by atoms with van der Waals surface area (Å²) in [5.41, 5.74) is 4.52. The molecule has 0 unspecified atom stereocenters. The fourth-order valence-corrected chi connectivity index (χ4v) is 2.60. The average Bonchev–Trinajstić information content (AvgIpc) is 2.71. The largest absolute Gasteiger partial charge is 0.476 e. The van der Waals surface area contributed by atoms with Crippen LogP contribution in [0, 0.1) is 20.8 Å². The Labute approximate surface area is 109 Å². The van der Waals surface area contributed by atoms with E-state index in [1.165, 1.54) is 22.3 Å². The number of carboxylic acid groups (broad SMARTS) is 1. The highest BCUT2D eigenvalue weighted by Crippen LogP contribution is 2.27. The quantitative estimate of drug-likeness (QED) is 0.888. The van der Waals surface area contributed by atoms with E-state index in [4.69, 9.17) is 5.11 Å². The van der Waals surface area contributed by atoms with Crippen molar-refractivity contribution in [3.63, 3.8) is 0 Å². The molecule has 94 valence electrons. The Bertz CT molecular complexity index is 582. The van der Waals surface area contributed by atoms with Crippen molar-refractivity contribution in [2.45, 2.75) is 20.8 Å². The van der Waals surface area contributed by atoms with Crippen LogP contribution in [0.25, 0.3) is 0 Å². The molecule has 4 nitrogen and oxygen atoms in total. The van der Waals surface area contributed by atoms with E-state index in [2.05, 4.69) is 29.4 Å². The summed E-state index contributed by atoms with van der Waals surface area (Å²) in [5, 5.41) is 14.1. The maximum Gasteiger partial charge on any atom is 0.355 e. The Kier molecular flexibility index (Phi) is 3.34. The molecule has 0 aliphatic heterocycles. The van der Waals surface area contributed by atoms with Crippen LogP contribution in [0.1, 0.15) is 27.2 Å². The van der Waals surface area contributed by atoms with Gasteiger partial charge < -0.3 is 10.4 Å². The Morgan fingerprint density at radius 2 is 1.89 bits per heavy atom. The zero-order valence-electron chi connectivity index (χ0n) is 10.4. The van der Waals surface area contributed by atoms with Gasteiger partial charge in [0.15, 0.2) is 10.8 Å². The zero-order chi connectivity index (χ0) is 13.3. The second kappa shape index (κ2) is 4.78. The molecule has 1 aromatic carbocycles. The SMILES string of the molecule is Cc1cc(C)c(Nc2nc(C(=O)O)cs2)c(C)c1. The molecule has 0 saturated carbocycles. The van der Waals surface area contributed by atoms with E-state index in [1.54, 1.807) is 0 Å². The molecule has 2 rings (SSSR count). The Hall–Kier alpha value is -1.88. The van der Waals surface area contributed by atoms with Crippen LogP contribution in [0.2, 0.25) is 0 Å². The standard InChI is InChI=1S/C13H14N2O2S/c1-7-4-8(2)11(9(3)5-7)15-13-14-10(6-18-13)12(16)17/h4-6H,1-3H3,(H,14,15)(H,16,17). The van der Waals surface area contributed by atoms with Crippen molar-refractivity contribution in [3.05, 3.63) is 39.9 Å². The van der Waals surface area contributed by atoms with Crippen molar-refractivity contribution >= 4 is 28.1 Å². The molecule has 18 heavy (non-hydrogen) atoms. The molecule has 0 bridgehead atoms. The van der Waals surface area contributed by atoms with Gasteiger partial charge in [0.25, 0.3) is 0 Å². The molecule has 0 fully saturated rings. The number of benzene rings is 1. The number of hydrogen-bond donors (Lipinski definition) is 2. The number of nitrogens with one attached hydrogen (secondary N) is 1. The minimum Gasteiger partial charge on any atom is -0.476 e. The van der Waals surface area contributed by atoms with Crippen LogP contribution in [0.5, 0.6) is 0 Å². The number of thiazole rings is 1. The Morgan fingerprint density at radius 1 is 1.28 bits per heavy atom. The fraction of sp³-hybridized carbons (Fsp3) is 0.231. The normalized spacial score (nSPS) is 10.4. The van der Waals surface area contributed by atoms with Crippen LogP contribution in [-0.2, 0) is 0 Å². The van der Waals surface area contributed by atoms with Gasteiger partial charge in [-0.2, -0.15) is 0 Å². The number of hydrogen-bond acceptors (Lipinski definition) is 4. The highest BCUT2D eigenvalue weighted by molar-refractivity contribution is 7.14. The molecule has 0 spiro atoms. The van der Waals surface area contributed by atoms with E-state index in [0.717, 1.165) is 16.8 Å². The lowest BCUT2D eigenvalue weighted by Crippen LogP contribution is -1.99. The second-order valence-corrected chi connectivity index (χ2v) is 5.10. The van der Waals surface area contributed by atoms with Crippen LogP contribution >= 0.6 is 11.3 Å². The lowest BCUT2D eigenvalue weighted by Gasteiger charge is -2.11. The first-order valence-electron chi connectivity index (χ1n) is 5.51. The van der Waals surface area contributed by atoms with Gasteiger partial charge in [-0.25, -0.2) is 9.78 Å². The number of aromatic carboxylic acids is 1. The summed E-state index contributed by atoms with van der Waals surface area (Å²) in [6.45, 7) is 6.10. The topological polar surface area (TPSA) is 62.2 Å². The van der Waals surface area contributed by atoms with E-state index in [0.29, 0.717) is 5.13 Å². The first kappa shape index (κ1) is 12.6. The van der Waals surface area contributed by atoms with Crippen LogP contribution in [0.4, 0.5) is 10.8 Å². The van der Waals surface area contributed by atoms with Crippen LogP contribution in [-0.4, -0.2) is 16.1 Å². The molecule has 1 aromatic heterocycles. The summed E-state index contributed by atoms with van der Waals surface area (Å²) in [6, 6.07) is 4.17. The van der Waals surface area contributed by atoms with Gasteiger partial charge in [0.2, 0.25) is 0 Å². The average molecular weight is 262 g/mol. The maximum absolute atomic E-state index is 10.8. The van der Waals surface area contributed by atoms with Gasteiger partial charge >= 0.3 is 5.97 Å². The van der Waals surface area contributed by atoms with E-state index in [1.807, 2.05) is 13.8 Å². The van der Waals surface area contributed by atoms with Crippen LogP contribution in [0.15, 0.2) is 17.5 Å². The third kappa shape index (κ3) is 2.51. The van der Waals surface area contributed by atoms with Gasteiger partial charge in [-0.1, -0.05) is 17.7 Å². The summed E-state index contributed by atoms with van der Waals surface area (Å²) in [7, 11) is 0. The molecule has 0 aliphatic rings. The number of carbonyl (C=O) groups is 1. The van der Waals surface area contributed by atoms with Gasteiger partial charge in [-0.15, -0.1) is 11.3 Å². The molecule has 0 radical (unpaired) electrons. The third-order valence-electron chi connectivity index (χ3n) is 2.63. The van der Waals surface area contributed by atoms with Crippen molar-refractivity contribution in [3.8, 4) is 0 Å². The van der Waals surface area contributed by atoms with Crippen molar-refractivity contribution in [1.29, 1.82) is 0 Å². The number of anilines is 2. The summed E-state index contributed by atoms with van der Waals surface area (Å²) in [5.74, 6) is -1.00. The molecule has 0 amide bonds. The first-order valence-corrected chi connectivity index (χ1v) is 6.39. The minimum atomic E-state index is -1.00. The molecule has 0 atom stereocenters. The summed E-state index contributed by atoms with van der Waals surface area (Å²) in [4.78, 5) is 14.8. The minimum absolute atomic E-state index is 0.0740. The van der Waals surface area contributed by atoms with Crippen molar-refractivity contribution in [2.75, 3.05) is 5.32 Å². The van der Waals surface area contributed by atoms with Gasteiger partial charge in [-0.3, -0.25) is 0 Å². The number of nitrogens with zero attached hydrogens (tertiary/aromatic N) is 1. The van der Waals surface area contributed by atoms with E-state index >= 15 is 0 Å². The zero-order valence-corrected chi connectivity index (χ0v) is 11.3. The molecule has 2 N–H and O–H groups in total. The number of carboxylic acids is 1. The molecule has 1 heterocycles. The third-order valence-corrected chi connectivity index (χ3v) is 3.39. The predicted octanol–water partition coefficient (Wildman–Crippen LogP) is 3.51. The Morgan fingerprint density at radius 3 is 2.39 bits per heavy atom. The van der Waals surface area contributed by atoms with Gasteiger partial charge in [0.1, 0.15) is 0 Å². The molecular formula is C13H14N2O2S. The molecule has 2 aromatic rings. The van der Waals surface area contributed by atoms with Crippen LogP contribution in [0.3, 0.4) is 0 Å². The van der Waals surface area contributed by atoms with Crippen molar-refractivity contribution in [1.82, 2.24) is 4.98 Å². The molecule has 0 aliphatic carbocycles. The summed E-state index contributed by atoms with van der Waals surface area (Å²) >= 11 is 1.29. The predicted molar refractivity (Wildman–Crippen MR) is 73.0 cm³/mol. The summed E-state index contributed by atoms with van der Waals surface area (Å²) < 4.78 is 0. The number of aromatic nitrogens is 1. The number of rotatable bonds is 3. The Balaban J connectivity index is 2.31. The first-order chi connectivity index (χ1) is 8.47. The van der Waals surface area contributed by atoms with Gasteiger partial charge in [0, 0.05) is 11.1 Å². The maximum atomic E-state index is 10.8. The second-order valence-electron chi connectivity index (χ2n) is 4.24. The monoisotopic (exact) mass is 262 g/mol. The molecular weight excluding hydrogens is 248 g/mol. The van der Waals surface area contributed by atoms with Crippen molar-refractivity contribution < 1.29 is 9.90 Å². The number of aryl methyl sites for hydroxylation is 3. The lowest BCUT2D eigenvalue weighted by molar-refractivity contribution is 0.0691. The molecule has 0 saturated heterocycles.